The van der Waals surface area contributed by atoms with Crippen LogP contribution in [0.25, 0.3) is 16.9 Å². The molecule has 7 nitrogen and oxygen atoms in total. The number of amides is 2. The first-order valence-electron chi connectivity index (χ1n) is 12.3. The van der Waals surface area contributed by atoms with Gasteiger partial charge in [0.05, 0.1) is 17.3 Å². The maximum absolute atomic E-state index is 14.2. The van der Waals surface area contributed by atoms with Gasteiger partial charge in [0.2, 0.25) is 0 Å². The number of piperazine rings is 1. The average molecular weight is 496 g/mol. The molecule has 3 aromatic carbocycles. The van der Waals surface area contributed by atoms with Gasteiger partial charge in [-0.3, -0.25) is 4.79 Å². The Morgan fingerprint density at radius 2 is 1.54 bits per heavy atom. The molecule has 0 spiro atoms. The van der Waals surface area contributed by atoms with E-state index in [1.54, 1.807) is 12.1 Å². The van der Waals surface area contributed by atoms with Crippen LogP contribution in [0.15, 0.2) is 91.0 Å². The first-order valence-corrected chi connectivity index (χ1v) is 12.3. The quantitative estimate of drug-likeness (QED) is 0.398. The number of aromatic nitrogens is 1. The summed E-state index contributed by atoms with van der Waals surface area (Å²) in [6, 6.07) is 28.2. The van der Waals surface area contributed by atoms with E-state index in [0.29, 0.717) is 18.5 Å². The van der Waals surface area contributed by atoms with E-state index in [0.717, 1.165) is 28.2 Å². The Hall–Kier alpha value is -4.52. The SMILES string of the molecule is Cc1cc(C(=O)N2CCN(C(=O)O)C[C@H]2Cc2ccc(O)cc2)c(-c2ccccc2)n1-c1ccccc1. The van der Waals surface area contributed by atoms with Gasteiger partial charge in [-0.15, -0.1) is 0 Å². The van der Waals surface area contributed by atoms with Gasteiger partial charge < -0.3 is 24.6 Å². The van der Waals surface area contributed by atoms with E-state index < -0.39 is 6.09 Å². The summed E-state index contributed by atoms with van der Waals surface area (Å²) in [7, 11) is 0. The molecule has 5 rings (SSSR count). The van der Waals surface area contributed by atoms with Crippen molar-refractivity contribution in [2.75, 3.05) is 19.6 Å². The molecule has 4 aromatic rings. The van der Waals surface area contributed by atoms with Crippen molar-refractivity contribution in [1.82, 2.24) is 14.4 Å². The largest absolute Gasteiger partial charge is 0.508 e. The maximum Gasteiger partial charge on any atom is 0.407 e. The van der Waals surface area contributed by atoms with Gasteiger partial charge >= 0.3 is 6.09 Å². The van der Waals surface area contributed by atoms with E-state index in [9.17, 15) is 19.8 Å². The zero-order chi connectivity index (χ0) is 25.9. The lowest BCUT2D eigenvalue weighted by Gasteiger charge is -2.40. The summed E-state index contributed by atoms with van der Waals surface area (Å²) in [6.45, 7) is 2.78. The van der Waals surface area contributed by atoms with Gasteiger partial charge in [0.1, 0.15) is 5.75 Å². The van der Waals surface area contributed by atoms with E-state index in [4.69, 9.17) is 0 Å². The molecular formula is C30H29N3O4. The number of carbonyl (C=O) groups excluding carboxylic acids is 1. The van der Waals surface area contributed by atoms with Crippen molar-refractivity contribution in [2.45, 2.75) is 19.4 Å². The molecule has 0 radical (unpaired) electrons. The normalized spacial score (nSPS) is 15.5. The second-order valence-electron chi connectivity index (χ2n) is 9.34. The van der Waals surface area contributed by atoms with Gasteiger partial charge in [0, 0.05) is 31.0 Å². The molecule has 188 valence electrons. The summed E-state index contributed by atoms with van der Waals surface area (Å²) >= 11 is 0. The topological polar surface area (TPSA) is 86.0 Å². The number of aryl methyl sites for hydroxylation is 1. The summed E-state index contributed by atoms with van der Waals surface area (Å²) in [6.07, 6.45) is -0.506. The van der Waals surface area contributed by atoms with Gasteiger partial charge in [0.15, 0.2) is 0 Å². The molecule has 0 aliphatic carbocycles. The lowest BCUT2D eigenvalue weighted by molar-refractivity contribution is 0.0451. The lowest BCUT2D eigenvalue weighted by atomic mass is 10.00. The zero-order valence-electron chi connectivity index (χ0n) is 20.6. The zero-order valence-corrected chi connectivity index (χ0v) is 20.6. The number of para-hydroxylation sites is 1. The Labute approximate surface area is 215 Å². The van der Waals surface area contributed by atoms with Crippen molar-refractivity contribution < 1.29 is 19.8 Å². The molecule has 1 aromatic heterocycles. The highest BCUT2D eigenvalue weighted by Crippen LogP contribution is 2.33. The van der Waals surface area contributed by atoms with Crippen LogP contribution in [0.3, 0.4) is 0 Å². The van der Waals surface area contributed by atoms with Crippen molar-refractivity contribution in [3.63, 3.8) is 0 Å². The molecule has 2 N–H and O–H groups in total. The highest BCUT2D eigenvalue weighted by atomic mass is 16.4. The third-order valence-corrected chi connectivity index (χ3v) is 6.90. The van der Waals surface area contributed by atoms with Gasteiger partial charge in [-0.05, 0) is 54.8 Å². The molecule has 0 unspecified atom stereocenters. The van der Waals surface area contributed by atoms with Gasteiger partial charge in [-0.2, -0.15) is 0 Å². The van der Waals surface area contributed by atoms with Gasteiger partial charge in [-0.25, -0.2) is 4.79 Å². The first-order chi connectivity index (χ1) is 17.9. The third-order valence-electron chi connectivity index (χ3n) is 6.90. The summed E-state index contributed by atoms with van der Waals surface area (Å²) in [5.41, 5.74) is 5.17. The van der Waals surface area contributed by atoms with Gasteiger partial charge in [-0.1, -0.05) is 60.7 Å². The smallest absolute Gasteiger partial charge is 0.407 e. The van der Waals surface area contributed by atoms with E-state index in [2.05, 4.69) is 4.57 Å². The van der Waals surface area contributed by atoms with E-state index in [-0.39, 0.29) is 30.8 Å². The molecule has 0 bridgehead atoms. The van der Waals surface area contributed by atoms with Crippen molar-refractivity contribution in [1.29, 1.82) is 0 Å². The van der Waals surface area contributed by atoms with E-state index in [1.807, 2.05) is 90.7 Å². The average Bonchev–Trinajstić information content (AvgIpc) is 3.27. The van der Waals surface area contributed by atoms with Crippen molar-refractivity contribution in [2.24, 2.45) is 0 Å². The number of carboxylic acid groups (broad SMARTS) is 1. The van der Waals surface area contributed by atoms with Crippen LogP contribution in [-0.4, -0.2) is 62.3 Å². The fourth-order valence-electron chi connectivity index (χ4n) is 5.12. The van der Waals surface area contributed by atoms with Crippen LogP contribution in [0, 0.1) is 6.92 Å². The van der Waals surface area contributed by atoms with Crippen LogP contribution < -0.4 is 0 Å². The first kappa shape index (κ1) is 24.2. The van der Waals surface area contributed by atoms with E-state index in [1.165, 1.54) is 4.90 Å². The molecule has 0 saturated carbocycles. The Balaban J connectivity index is 1.57. The lowest BCUT2D eigenvalue weighted by Crippen LogP contribution is -2.57. The fourth-order valence-corrected chi connectivity index (χ4v) is 5.12. The summed E-state index contributed by atoms with van der Waals surface area (Å²) in [5, 5.41) is 19.3. The van der Waals surface area contributed by atoms with Crippen LogP contribution >= 0.6 is 0 Å². The second kappa shape index (κ2) is 10.2. The summed E-state index contributed by atoms with van der Waals surface area (Å²) in [4.78, 5) is 29.2. The number of phenolic OH excluding ortho intramolecular Hbond substituents is 1. The molecule has 37 heavy (non-hydrogen) atoms. The van der Waals surface area contributed by atoms with Crippen LogP contribution in [0.4, 0.5) is 4.79 Å². The second-order valence-corrected chi connectivity index (χ2v) is 9.34. The highest BCUT2D eigenvalue weighted by molar-refractivity contribution is 6.01. The Bertz CT molecular complexity index is 1400. The minimum absolute atomic E-state index is 0.120. The monoisotopic (exact) mass is 495 g/mol. The third kappa shape index (κ3) is 4.93. The van der Waals surface area contributed by atoms with Crippen LogP contribution in [0.1, 0.15) is 21.6 Å². The number of carbonyl (C=O) groups is 2. The molecule has 1 fully saturated rings. The molecule has 2 amide bonds. The van der Waals surface area contributed by atoms with Crippen LogP contribution in [0.2, 0.25) is 0 Å². The molecule has 7 heteroatoms. The van der Waals surface area contributed by atoms with Crippen molar-refractivity contribution >= 4 is 12.0 Å². The number of hydrogen-bond acceptors (Lipinski definition) is 3. The van der Waals surface area contributed by atoms with E-state index >= 15 is 0 Å². The number of rotatable bonds is 5. The predicted molar refractivity (Wildman–Crippen MR) is 142 cm³/mol. The summed E-state index contributed by atoms with van der Waals surface area (Å²) < 4.78 is 2.10. The Kier molecular flexibility index (Phi) is 6.68. The molecule has 1 saturated heterocycles. The number of benzene rings is 3. The Morgan fingerprint density at radius 1 is 0.892 bits per heavy atom. The Morgan fingerprint density at radius 3 is 2.19 bits per heavy atom. The summed E-state index contributed by atoms with van der Waals surface area (Å²) in [5.74, 6) is 0.0446. The highest BCUT2D eigenvalue weighted by Gasteiger charge is 2.35. The fraction of sp³-hybridized carbons (Fsp3) is 0.200. The maximum atomic E-state index is 14.2. The van der Waals surface area contributed by atoms with Gasteiger partial charge in [0.25, 0.3) is 5.91 Å². The van der Waals surface area contributed by atoms with Crippen molar-refractivity contribution in [3.05, 3.63) is 108 Å². The molecule has 1 aliphatic heterocycles. The standard InChI is InChI=1S/C30H29N3O4/c1-21-18-27(28(23-8-4-2-5-9-23)33(21)24-10-6-3-7-11-24)29(35)32-17-16-31(30(36)37)20-25(32)19-22-12-14-26(34)15-13-22/h2-15,18,25,34H,16-17,19-20H2,1H3,(H,36,37)/t25-/m1/s1. The molecular weight excluding hydrogens is 466 g/mol. The van der Waals surface area contributed by atoms with Crippen LogP contribution in [-0.2, 0) is 6.42 Å². The minimum atomic E-state index is -0.987. The van der Waals surface area contributed by atoms with Crippen molar-refractivity contribution in [3.8, 4) is 22.7 Å². The number of nitrogens with zero attached hydrogens (tertiary/aromatic N) is 3. The number of hydrogen-bond donors (Lipinski definition) is 2. The molecule has 1 aliphatic rings. The minimum Gasteiger partial charge on any atom is -0.508 e. The molecule has 1 atom stereocenters. The van der Waals surface area contributed by atoms with Crippen LogP contribution in [0.5, 0.6) is 5.75 Å². The number of phenols is 1. The number of aromatic hydroxyl groups is 1. The molecule has 2 heterocycles. The predicted octanol–water partition coefficient (Wildman–Crippen LogP) is 5.21.